The molecule has 12 aromatic rings. The van der Waals surface area contributed by atoms with Crippen molar-refractivity contribution >= 4 is 97.4 Å². The van der Waals surface area contributed by atoms with Crippen LogP contribution in [0.2, 0.25) is 0 Å². The zero-order valence-electron chi connectivity index (χ0n) is 41.6. The van der Waals surface area contributed by atoms with Gasteiger partial charge in [-0.25, -0.2) is 19.9 Å². The van der Waals surface area contributed by atoms with Gasteiger partial charge in [0.25, 0.3) is 0 Å². The molecule has 0 fully saturated rings. The van der Waals surface area contributed by atoms with Gasteiger partial charge < -0.3 is 29.8 Å². The third kappa shape index (κ3) is 11.1. The van der Waals surface area contributed by atoms with E-state index in [2.05, 4.69) is 166 Å². The van der Waals surface area contributed by atoms with Gasteiger partial charge in [-0.05, 0) is 87.6 Å². The van der Waals surface area contributed by atoms with E-state index in [-0.39, 0.29) is 53.9 Å². The third-order valence-corrected chi connectivity index (χ3v) is 14.8. The van der Waals surface area contributed by atoms with Gasteiger partial charge in [0.05, 0.1) is 11.4 Å². The molecule has 380 valence electrons. The van der Waals surface area contributed by atoms with Crippen molar-refractivity contribution in [3.63, 3.8) is 0 Å². The van der Waals surface area contributed by atoms with Crippen LogP contribution in [-0.2, 0) is 42.1 Å². The predicted molar refractivity (Wildman–Crippen MR) is 307 cm³/mol. The van der Waals surface area contributed by atoms with Gasteiger partial charge >= 0.3 is 42.1 Å². The number of hydrogen-bond acceptors (Lipinski definition) is 12. The van der Waals surface area contributed by atoms with Gasteiger partial charge in [-0.2, -0.15) is 74.0 Å². The zero-order chi connectivity index (χ0) is 50.7. The summed E-state index contributed by atoms with van der Waals surface area (Å²) in [5.41, 5.74) is 10.6. The number of thiophene rings is 2. The van der Waals surface area contributed by atoms with Gasteiger partial charge in [-0.3, -0.25) is 0 Å². The van der Waals surface area contributed by atoms with E-state index >= 15 is 0 Å². The maximum Gasteiger partial charge on any atom is 2.00 e. The van der Waals surface area contributed by atoms with Crippen molar-refractivity contribution in [2.75, 3.05) is 33.7 Å². The Balaban J connectivity index is 0.000000141. The minimum Gasteiger partial charge on any atom is -0.502 e. The molecule has 0 aliphatic carbocycles. The second kappa shape index (κ2) is 23.6. The number of fused-ring (bicyclic) bond motifs is 8. The minimum absolute atomic E-state index is 0. The summed E-state index contributed by atoms with van der Waals surface area (Å²) >= 11 is 3.69. The molecule has 14 heteroatoms. The quantitative estimate of drug-likeness (QED) is 0.166. The molecule has 2 aliphatic heterocycles. The van der Waals surface area contributed by atoms with Crippen LogP contribution in [0.4, 0.5) is 34.4 Å². The molecule has 0 spiro atoms. The summed E-state index contributed by atoms with van der Waals surface area (Å²) in [7, 11) is 4.13. The van der Waals surface area contributed by atoms with Crippen molar-refractivity contribution in [3.05, 3.63) is 231 Å². The topological polar surface area (TPSA) is 105 Å². The normalized spacial score (nSPS) is 12.2. The maximum absolute atomic E-state index is 8.70. The number of anilines is 6. The van der Waals surface area contributed by atoms with Crippen LogP contribution in [-0.4, -0.2) is 44.2 Å². The first kappa shape index (κ1) is 53.4. The second-order valence-electron chi connectivity index (χ2n) is 17.7. The average Bonchev–Trinajstić information content (AvgIpc) is 4.20. The fraction of sp³-hybridized carbons (Fsp3) is 0.0645. The standard InChI is InChI=1S/2C25H17N3S.2C6H7NO.2Pt/c2*1-27-16-28(18-8-3-2-4-9-18)25-21(27)14-17(15-26-25)19-11-7-13-23-24(19)20-10-5-6-12-22(20)29-23;2*1-5-3-2-4-6(8)7-5;;/h2*2-8,10-16H,1H3;2*2-4H,1H3,(H,7,8);;/q2*-2;;;2*+2. The van der Waals surface area contributed by atoms with Crippen LogP contribution in [0.3, 0.4) is 0 Å². The number of aryl methyl sites for hydroxylation is 2. The van der Waals surface area contributed by atoms with Gasteiger partial charge in [0, 0.05) is 87.4 Å². The molecular weight excluding hydrogens is 1340 g/mol. The molecule has 14 rings (SSSR count). The number of rotatable bonds is 4. The van der Waals surface area contributed by atoms with Crippen molar-refractivity contribution in [2.45, 2.75) is 13.8 Å². The average molecular weight is 1390 g/mol. The number of hydrogen-bond donors (Lipinski definition) is 2. The number of aromatic hydroxyl groups is 2. The zero-order valence-corrected chi connectivity index (χ0v) is 47.7. The fourth-order valence-electron chi connectivity index (χ4n) is 9.16. The Labute approximate surface area is 478 Å². The van der Waals surface area contributed by atoms with E-state index in [1.54, 1.807) is 24.3 Å². The van der Waals surface area contributed by atoms with Gasteiger partial charge in [-0.1, -0.05) is 72.8 Å². The maximum atomic E-state index is 8.70. The molecule has 0 saturated carbocycles. The molecule has 0 atom stereocenters. The first-order chi connectivity index (χ1) is 36.2. The second-order valence-corrected chi connectivity index (χ2v) is 19.8. The molecule has 8 heterocycles. The van der Waals surface area contributed by atoms with Gasteiger partial charge in [0.1, 0.15) is 11.6 Å². The van der Waals surface area contributed by atoms with Crippen molar-refractivity contribution in [1.82, 2.24) is 19.9 Å². The van der Waals surface area contributed by atoms with Crippen LogP contribution in [0.5, 0.6) is 11.8 Å². The van der Waals surface area contributed by atoms with E-state index in [0.717, 1.165) is 56.9 Å². The SMILES string of the molecule is CN1[CH-]N(c2[c-]cccc2)c2ncc(-c3cccc4sc5ccccc5c34)cc21.CN1[CH-]N(c2[c-]cccc2)c2ncc(-c3cccc4sc5ccccc5c34)cc21.Cc1cccc(O)n1.Cc1cccc(O)n1.[Pt+2].[Pt+2]. The van der Waals surface area contributed by atoms with Crippen molar-refractivity contribution < 1.29 is 52.3 Å². The van der Waals surface area contributed by atoms with Gasteiger partial charge in [-0.15, -0.1) is 34.0 Å². The van der Waals surface area contributed by atoms with Crippen LogP contribution < -0.4 is 19.6 Å². The van der Waals surface area contributed by atoms with Crippen molar-refractivity contribution in [1.29, 1.82) is 0 Å². The van der Waals surface area contributed by atoms with E-state index in [9.17, 15) is 0 Å². The van der Waals surface area contributed by atoms with Crippen LogP contribution >= 0.6 is 22.7 Å². The minimum atomic E-state index is 0. The number of para-hydroxylation sites is 2. The number of aromatic nitrogens is 4. The first-order valence-corrected chi connectivity index (χ1v) is 25.5. The van der Waals surface area contributed by atoms with E-state index in [1.807, 2.05) is 110 Å². The van der Waals surface area contributed by atoms with Gasteiger partial charge in [0.15, 0.2) is 0 Å². The molecule has 0 unspecified atom stereocenters. The molecular formula is C62H48N8O2Pt2S2. The molecule has 6 aromatic carbocycles. The van der Waals surface area contributed by atoms with E-state index in [1.165, 1.54) is 51.5 Å². The summed E-state index contributed by atoms with van der Waals surface area (Å²) in [6, 6.07) is 67.6. The Morgan fingerprint density at radius 3 is 1.24 bits per heavy atom. The van der Waals surface area contributed by atoms with E-state index in [0.29, 0.717) is 0 Å². The molecule has 0 radical (unpaired) electrons. The van der Waals surface area contributed by atoms with Gasteiger partial charge in [0.2, 0.25) is 11.8 Å². The Morgan fingerprint density at radius 1 is 0.461 bits per heavy atom. The predicted octanol–water partition coefficient (Wildman–Crippen LogP) is 15.4. The molecule has 2 N–H and O–H groups in total. The summed E-state index contributed by atoms with van der Waals surface area (Å²) in [5, 5.41) is 22.6. The summed E-state index contributed by atoms with van der Waals surface area (Å²) in [4.78, 5) is 25.6. The van der Waals surface area contributed by atoms with Crippen molar-refractivity contribution in [2.24, 2.45) is 0 Å². The summed E-state index contributed by atoms with van der Waals surface area (Å²) in [5.74, 6) is 2.04. The largest absolute Gasteiger partial charge is 2.00 e. The van der Waals surface area contributed by atoms with Crippen LogP contribution in [0.15, 0.2) is 194 Å². The third-order valence-electron chi connectivity index (χ3n) is 12.6. The Kier molecular flexibility index (Phi) is 16.6. The molecule has 0 bridgehead atoms. The summed E-state index contributed by atoms with van der Waals surface area (Å²) in [6.07, 6.45) is 3.98. The molecule has 0 saturated heterocycles. The monoisotopic (exact) mass is 1390 g/mol. The number of nitrogens with zero attached hydrogens (tertiary/aromatic N) is 8. The smallest absolute Gasteiger partial charge is 0.502 e. The Morgan fingerprint density at radius 2 is 0.855 bits per heavy atom. The Hall–Kier alpha value is -7.46. The number of benzene rings is 6. The molecule has 10 nitrogen and oxygen atoms in total. The number of pyridine rings is 4. The molecule has 6 aromatic heterocycles. The summed E-state index contributed by atoms with van der Waals surface area (Å²) < 4.78 is 5.26. The van der Waals surface area contributed by atoms with E-state index in [4.69, 9.17) is 20.2 Å². The molecule has 76 heavy (non-hydrogen) atoms. The van der Waals surface area contributed by atoms with Crippen LogP contribution in [0.25, 0.3) is 62.6 Å². The van der Waals surface area contributed by atoms with E-state index < -0.39 is 0 Å². The molecule has 2 aliphatic rings. The Bertz CT molecular complexity index is 3660. The molecule has 0 amide bonds. The fourth-order valence-corrected chi connectivity index (χ4v) is 11.4. The van der Waals surface area contributed by atoms with Crippen LogP contribution in [0, 0.1) is 39.3 Å². The van der Waals surface area contributed by atoms with Crippen molar-refractivity contribution in [3.8, 4) is 34.0 Å². The first-order valence-electron chi connectivity index (χ1n) is 23.9. The summed E-state index contributed by atoms with van der Waals surface area (Å²) in [6.45, 7) is 7.79. The van der Waals surface area contributed by atoms with Crippen LogP contribution in [0.1, 0.15) is 11.4 Å².